The number of alkyl halides is 3. The number of aromatic amines is 1. The van der Waals surface area contributed by atoms with Crippen LogP contribution < -0.4 is 11.1 Å². The van der Waals surface area contributed by atoms with Gasteiger partial charge >= 0.3 is 12.1 Å². The average Bonchev–Trinajstić information content (AvgIpc) is 2.59. The number of amides is 1. The van der Waals surface area contributed by atoms with Crippen molar-refractivity contribution in [2.75, 3.05) is 11.1 Å². The van der Waals surface area contributed by atoms with E-state index in [9.17, 15) is 18.0 Å². The number of nitrogens with one attached hydrogen (secondary N) is 2. The van der Waals surface area contributed by atoms with Crippen LogP contribution in [0.1, 0.15) is 0 Å². The number of anilines is 2. The van der Waals surface area contributed by atoms with Gasteiger partial charge in [0.1, 0.15) is 0 Å². The minimum absolute atomic E-state index is 0.178. The molecule has 17 heavy (non-hydrogen) atoms. The van der Waals surface area contributed by atoms with Gasteiger partial charge in [0.25, 0.3) is 0 Å². The number of H-pyrrole nitrogens is 1. The average molecular weight is 244 g/mol. The van der Waals surface area contributed by atoms with Gasteiger partial charge in [0.05, 0.1) is 5.52 Å². The van der Waals surface area contributed by atoms with Crippen LogP contribution in [-0.4, -0.2) is 22.3 Å². The molecule has 5 nitrogen and oxygen atoms in total. The number of halogens is 3. The van der Waals surface area contributed by atoms with E-state index in [4.69, 9.17) is 5.73 Å². The molecule has 4 N–H and O–H groups in total. The molecule has 1 heterocycles. The van der Waals surface area contributed by atoms with E-state index < -0.39 is 12.1 Å². The molecule has 0 aliphatic heterocycles. The summed E-state index contributed by atoms with van der Waals surface area (Å²) in [5, 5.41) is 8.09. The van der Waals surface area contributed by atoms with E-state index >= 15 is 0 Å². The van der Waals surface area contributed by atoms with Crippen molar-refractivity contribution < 1.29 is 18.0 Å². The molecular formula is C9H7F3N4O. The van der Waals surface area contributed by atoms with Crippen LogP contribution in [-0.2, 0) is 4.79 Å². The van der Waals surface area contributed by atoms with E-state index in [1.54, 1.807) is 5.32 Å². The molecule has 0 bridgehead atoms. The minimum atomic E-state index is -4.95. The predicted molar refractivity (Wildman–Crippen MR) is 55.2 cm³/mol. The van der Waals surface area contributed by atoms with Crippen molar-refractivity contribution in [2.24, 2.45) is 0 Å². The lowest BCUT2D eigenvalue weighted by molar-refractivity contribution is -0.167. The summed E-state index contributed by atoms with van der Waals surface area (Å²) in [6.45, 7) is 0. The number of benzene rings is 1. The summed E-state index contributed by atoms with van der Waals surface area (Å²) in [7, 11) is 0. The van der Waals surface area contributed by atoms with Crippen molar-refractivity contribution in [3.63, 3.8) is 0 Å². The number of nitrogens with two attached hydrogens (primary N) is 1. The van der Waals surface area contributed by atoms with Crippen LogP contribution in [0.5, 0.6) is 0 Å². The van der Waals surface area contributed by atoms with E-state index in [-0.39, 0.29) is 5.82 Å². The third-order valence-corrected chi connectivity index (χ3v) is 2.08. The number of rotatable bonds is 1. The maximum Gasteiger partial charge on any atom is 0.471 e. The second kappa shape index (κ2) is 3.65. The fourth-order valence-electron chi connectivity index (χ4n) is 1.31. The van der Waals surface area contributed by atoms with Crippen LogP contribution in [0.3, 0.4) is 0 Å². The van der Waals surface area contributed by atoms with Gasteiger partial charge in [0.2, 0.25) is 0 Å². The topological polar surface area (TPSA) is 83.8 Å². The Morgan fingerprint density at radius 3 is 2.76 bits per heavy atom. The largest absolute Gasteiger partial charge is 0.471 e. The number of aromatic nitrogens is 2. The molecule has 0 fully saturated rings. The van der Waals surface area contributed by atoms with Crippen molar-refractivity contribution in [3.8, 4) is 0 Å². The van der Waals surface area contributed by atoms with Crippen LogP contribution in [0, 0.1) is 0 Å². The first-order chi connectivity index (χ1) is 7.88. The molecule has 2 aromatic rings. The molecule has 1 aromatic heterocycles. The SMILES string of the molecule is Nc1ccc2c(NC(=O)C(F)(F)F)n[nH]c2c1. The Hall–Kier alpha value is -2.25. The van der Waals surface area contributed by atoms with Gasteiger partial charge in [-0.1, -0.05) is 0 Å². The normalized spacial score (nSPS) is 11.7. The fourth-order valence-corrected chi connectivity index (χ4v) is 1.31. The summed E-state index contributed by atoms with van der Waals surface area (Å²) in [4.78, 5) is 10.7. The molecule has 90 valence electrons. The Balaban J connectivity index is 2.35. The second-order valence-electron chi connectivity index (χ2n) is 3.33. The molecule has 0 saturated heterocycles. The first kappa shape index (κ1) is 11.2. The summed E-state index contributed by atoms with van der Waals surface area (Å²) >= 11 is 0. The van der Waals surface area contributed by atoms with Gasteiger partial charge in [-0.3, -0.25) is 9.89 Å². The quantitative estimate of drug-likeness (QED) is 0.667. The summed E-state index contributed by atoms with van der Waals surface area (Å²) in [6.07, 6.45) is -4.95. The first-order valence-corrected chi connectivity index (χ1v) is 4.49. The first-order valence-electron chi connectivity index (χ1n) is 4.49. The molecule has 0 spiro atoms. The molecule has 0 unspecified atom stereocenters. The molecule has 2 rings (SSSR count). The molecule has 8 heteroatoms. The van der Waals surface area contributed by atoms with E-state index in [0.717, 1.165) is 0 Å². The fraction of sp³-hybridized carbons (Fsp3) is 0.111. The second-order valence-corrected chi connectivity index (χ2v) is 3.33. The maximum absolute atomic E-state index is 12.0. The van der Waals surface area contributed by atoms with Crippen LogP contribution >= 0.6 is 0 Å². The van der Waals surface area contributed by atoms with Gasteiger partial charge in [-0.05, 0) is 18.2 Å². The number of carbonyl (C=O) groups is 1. The summed E-state index contributed by atoms with van der Waals surface area (Å²) in [5.41, 5.74) is 6.37. The van der Waals surface area contributed by atoms with Crippen molar-refractivity contribution in [2.45, 2.75) is 6.18 Å². The maximum atomic E-state index is 12.0. The summed E-state index contributed by atoms with van der Waals surface area (Å²) < 4.78 is 36.1. The zero-order valence-electron chi connectivity index (χ0n) is 8.30. The van der Waals surface area contributed by atoms with Crippen molar-refractivity contribution in [1.29, 1.82) is 0 Å². The highest BCUT2D eigenvalue weighted by Crippen LogP contribution is 2.24. The third-order valence-electron chi connectivity index (χ3n) is 2.08. The Morgan fingerprint density at radius 1 is 1.41 bits per heavy atom. The highest BCUT2D eigenvalue weighted by atomic mass is 19.4. The predicted octanol–water partition coefficient (Wildman–Crippen LogP) is 1.65. The van der Waals surface area contributed by atoms with Crippen LogP contribution in [0.2, 0.25) is 0 Å². The molecule has 0 aliphatic carbocycles. The smallest absolute Gasteiger partial charge is 0.399 e. The van der Waals surface area contributed by atoms with Crippen molar-refractivity contribution >= 4 is 28.3 Å². The van der Waals surface area contributed by atoms with Gasteiger partial charge in [0, 0.05) is 11.1 Å². The number of nitrogen functional groups attached to an aromatic ring is 1. The highest BCUT2D eigenvalue weighted by molar-refractivity contribution is 6.02. The van der Waals surface area contributed by atoms with E-state index in [1.807, 2.05) is 0 Å². The van der Waals surface area contributed by atoms with Gasteiger partial charge in [-0.15, -0.1) is 0 Å². The van der Waals surface area contributed by atoms with Crippen molar-refractivity contribution in [3.05, 3.63) is 18.2 Å². The molecular weight excluding hydrogens is 237 g/mol. The van der Waals surface area contributed by atoms with Gasteiger partial charge in [0.15, 0.2) is 5.82 Å². The van der Waals surface area contributed by atoms with Crippen LogP contribution in [0.15, 0.2) is 18.2 Å². The third kappa shape index (κ3) is 2.14. The van der Waals surface area contributed by atoms with E-state index in [2.05, 4.69) is 10.2 Å². The van der Waals surface area contributed by atoms with Gasteiger partial charge < -0.3 is 11.1 Å². The zero-order chi connectivity index (χ0) is 12.6. The standard InChI is InChI=1S/C9H7F3N4O/c10-9(11,12)8(17)14-7-5-2-1-4(13)3-6(5)15-16-7/h1-3H,13H2,(H2,14,15,16,17). The number of hydrogen-bond acceptors (Lipinski definition) is 3. The van der Waals surface area contributed by atoms with E-state index in [1.165, 1.54) is 18.2 Å². The number of carbonyl (C=O) groups excluding carboxylic acids is 1. The summed E-state index contributed by atoms with van der Waals surface area (Å²) in [6, 6.07) is 4.48. The summed E-state index contributed by atoms with van der Waals surface area (Å²) in [5.74, 6) is -2.25. The van der Waals surface area contributed by atoms with E-state index in [0.29, 0.717) is 16.6 Å². The zero-order valence-corrected chi connectivity index (χ0v) is 8.30. The Kier molecular flexibility index (Phi) is 2.41. The molecule has 0 atom stereocenters. The molecule has 1 aromatic carbocycles. The Bertz CT molecular complexity index is 575. The van der Waals surface area contributed by atoms with Crippen LogP contribution in [0.4, 0.5) is 24.7 Å². The molecule has 0 aliphatic rings. The monoisotopic (exact) mass is 244 g/mol. The molecule has 1 amide bonds. The number of hydrogen-bond donors (Lipinski definition) is 3. The minimum Gasteiger partial charge on any atom is -0.399 e. The lowest BCUT2D eigenvalue weighted by Gasteiger charge is -2.05. The Labute approximate surface area is 92.8 Å². The number of fused-ring (bicyclic) bond motifs is 1. The lowest BCUT2D eigenvalue weighted by Crippen LogP contribution is -2.30. The van der Waals surface area contributed by atoms with Gasteiger partial charge in [-0.2, -0.15) is 18.3 Å². The van der Waals surface area contributed by atoms with Crippen LogP contribution in [0.25, 0.3) is 10.9 Å². The van der Waals surface area contributed by atoms with Crippen molar-refractivity contribution in [1.82, 2.24) is 10.2 Å². The van der Waals surface area contributed by atoms with Gasteiger partial charge in [-0.25, -0.2) is 0 Å². The molecule has 0 radical (unpaired) electrons. The Morgan fingerprint density at radius 2 is 2.12 bits per heavy atom. The highest BCUT2D eigenvalue weighted by Gasteiger charge is 2.39. The number of nitrogens with zero attached hydrogens (tertiary/aromatic N) is 1. The molecule has 0 saturated carbocycles. The lowest BCUT2D eigenvalue weighted by atomic mass is 10.2.